The maximum absolute atomic E-state index is 15.1. The molecule has 1 aromatic rings. The maximum Gasteiger partial charge on any atom is 0.310 e. The maximum atomic E-state index is 15.1. The predicted molar refractivity (Wildman–Crippen MR) is 253 cm³/mol. The number of carboxylic acids is 1. The fraction of sp³-hybridized carbons (Fsp3) is 0.833. The summed E-state index contributed by atoms with van der Waals surface area (Å²) in [5.41, 5.74) is 3.52. The number of hydrogen-bond donors (Lipinski definition) is 10. The first-order valence-corrected chi connectivity index (χ1v) is 26.5. The van der Waals surface area contributed by atoms with Crippen LogP contribution in [-0.4, -0.2) is 127 Å². The largest absolute Gasteiger partial charge is 0.481 e. The molecule has 1 aromatic heterocycles. The third kappa shape index (κ3) is 6.95. The number of allylic oxidation sites excluding steroid dienone is 2. The monoisotopic (exact) mass is 961 g/mol. The summed E-state index contributed by atoms with van der Waals surface area (Å²) in [7, 11) is 0. The number of aliphatic hydroxyl groups is 6. The minimum atomic E-state index is -1.63. The van der Waals surface area contributed by atoms with Crippen molar-refractivity contribution in [2.24, 2.45) is 79.1 Å². The van der Waals surface area contributed by atoms with Crippen molar-refractivity contribution in [3.8, 4) is 11.8 Å². The Balaban J connectivity index is 1.19. The molecule has 0 unspecified atom stereocenters. The Bertz CT molecular complexity index is 2210. The molecule has 2 saturated heterocycles. The Morgan fingerprint density at radius 2 is 1.71 bits per heavy atom. The number of aliphatic carboxylic acids is 1. The summed E-state index contributed by atoms with van der Waals surface area (Å²) in [5.74, 6) is 4.58. The number of aliphatic hydroxyl groups excluding tert-OH is 6. The van der Waals surface area contributed by atoms with Gasteiger partial charge in [-0.2, -0.15) is 0 Å². The summed E-state index contributed by atoms with van der Waals surface area (Å²) in [5, 5.41) is 84.1. The highest BCUT2D eigenvalue weighted by molar-refractivity contribution is 5.86. The van der Waals surface area contributed by atoms with E-state index in [0.29, 0.717) is 83.6 Å². The van der Waals surface area contributed by atoms with Crippen molar-refractivity contribution in [3.63, 3.8) is 0 Å². The van der Waals surface area contributed by atoms with Gasteiger partial charge in [0.05, 0.1) is 42.6 Å². The number of aromatic amines is 1. The van der Waals surface area contributed by atoms with Crippen molar-refractivity contribution < 1.29 is 54.8 Å². The molecule has 7 aliphatic carbocycles. The number of aromatic nitrogens is 2. The van der Waals surface area contributed by atoms with Crippen molar-refractivity contribution in [2.45, 2.75) is 179 Å². The van der Waals surface area contributed by atoms with E-state index in [1.807, 2.05) is 13.1 Å². The quantitative estimate of drug-likeness (QED) is 0.0851. The number of hydrogen-bond acceptors (Lipinski definition) is 12. The summed E-state index contributed by atoms with van der Waals surface area (Å²) in [4.78, 5) is 36.5. The van der Waals surface area contributed by atoms with Crippen LogP contribution in [0.4, 0.5) is 0 Å². The number of ether oxygens (including phenoxy) is 2. The fourth-order valence-electron chi connectivity index (χ4n) is 18.6. The fourth-order valence-corrected chi connectivity index (χ4v) is 18.6. The third-order valence-corrected chi connectivity index (χ3v) is 22.1. The number of nitrogens with zero attached hydrogens (tertiary/aromatic N) is 1. The molecule has 2 aliphatic heterocycles. The second-order valence-corrected chi connectivity index (χ2v) is 24.9. The van der Waals surface area contributed by atoms with Gasteiger partial charge in [-0.05, 0) is 129 Å². The molecular formula is C54H80N4O11. The van der Waals surface area contributed by atoms with Gasteiger partial charge < -0.3 is 61.3 Å². The van der Waals surface area contributed by atoms with Gasteiger partial charge in [0.1, 0.15) is 18.3 Å². The number of rotatable bonds is 11. The molecule has 0 aromatic carbocycles. The summed E-state index contributed by atoms with van der Waals surface area (Å²) in [6.45, 7) is 8.63. The number of nitrogens with two attached hydrogens (primary N) is 1. The molecule has 11 N–H and O–H groups in total. The van der Waals surface area contributed by atoms with Gasteiger partial charge >= 0.3 is 5.97 Å². The first-order chi connectivity index (χ1) is 32.9. The molecule has 3 heterocycles. The van der Waals surface area contributed by atoms with Crippen molar-refractivity contribution in [2.75, 3.05) is 26.4 Å². The van der Waals surface area contributed by atoms with Crippen LogP contribution in [0, 0.1) is 85.3 Å². The van der Waals surface area contributed by atoms with Gasteiger partial charge in [0.2, 0.25) is 5.91 Å². The van der Waals surface area contributed by atoms with Crippen LogP contribution in [0.1, 0.15) is 142 Å². The molecular weight excluding hydrogens is 881 g/mol. The Labute approximate surface area is 407 Å². The minimum Gasteiger partial charge on any atom is -0.481 e. The van der Waals surface area contributed by atoms with Crippen LogP contribution in [0.2, 0.25) is 0 Å². The van der Waals surface area contributed by atoms with E-state index in [4.69, 9.17) is 15.2 Å². The second-order valence-electron chi connectivity index (χ2n) is 24.9. The molecule has 15 nitrogen and oxygen atoms in total. The highest BCUT2D eigenvalue weighted by Gasteiger charge is 2.76. The lowest BCUT2D eigenvalue weighted by Gasteiger charge is -2.74. The summed E-state index contributed by atoms with van der Waals surface area (Å²) >= 11 is 0. The van der Waals surface area contributed by atoms with Crippen molar-refractivity contribution in [1.29, 1.82) is 0 Å². The lowest BCUT2D eigenvalue weighted by Crippen LogP contribution is -2.74. The standard InChI is InChI=1S/C54H80N4O11/c1-48(27-59)19-20-52(47(66)67)21-22-54-17-6-5-10-31(38-40(58-46(65)53(38)15-7-8-16-53)30(11-9-23-55)34-25-56-29-57-34)39-42(63)44(69-45-43(64)41(62)35(61)26-68-45)49(2,28-60)36-14-18-50(54,3)37(51(36,39)4)13-12-32(54)33(52)24-48/h12,25,29-31,33,35-45,59-64H,6-9,11,13-24,26-28,55H2,1-4H3,(H,56,57)(H,58,65)(H,66,67)/t30-,31-,33+,35-,36-,37+,38+,39+,40+,41+,42-,43-,44-,45+,48+,49+,50-,51+,52+,54-/m1/s1. The average Bonchev–Trinajstić information content (AvgIpc) is 4.11. The Hall–Kier alpha value is -2.91. The molecule has 69 heavy (non-hydrogen) atoms. The molecule has 2 spiro atoms. The molecule has 4 bridgehead atoms. The first-order valence-electron chi connectivity index (χ1n) is 26.5. The highest BCUT2D eigenvalue weighted by Crippen LogP contribution is 2.79. The summed E-state index contributed by atoms with van der Waals surface area (Å²) in [6.07, 6.45) is 8.33. The lowest BCUT2D eigenvalue weighted by molar-refractivity contribution is -0.343. The number of nitrogens with one attached hydrogen (secondary N) is 2. The van der Waals surface area contributed by atoms with E-state index in [0.717, 1.165) is 31.4 Å². The van der Waals surface area contributed by atoms with Gasteiger partial charge in [-0.15, -0.1) is 5.92 Å². The van der Waals surface area contributed by atoms with Crippen molar-refractivity contribution in [3.05, 3.63) is 29.9 Å². The second kappa shape index (κ2) is 17.6. The van der Waals surface area contributed by atoms with E-state index in [-0.39, 0.29) is 55.3 Å². The van der Waals surface area contributed by atoms with Crippen molar-refractivity contribution >= 4 is 11.9 Å². The SMILES string of the molecule is C[C@]1(CO)CC[C@]2(C(=O)O)CC[C@@]34CCC#C[C@H]([C@H]5[C@H]([C@H](CCCN)c6cnc[nH]6)NC(=O)C56CCCC6)[C@H]5[C@@H](O)[C@@H](O[C@@H]6OC[C@@H](O)[C@H](O)[C@H]6O)[C@@](C)(CO)[C@H]6CC[C@]3(C)[C@H](CC=C4[C@@H]2C1)[C@@]56C. The lowest BCUT2D eigenvalue weighted by atomic mass is 9.30. The zero-order valence-corrected chi connectivity index (χ0v) is 41.2. The van der Waals surface area contributed by atoms with Gasteiger partial charge in [0.15, 0.2) is 6.29 Å². The van der Waals surface area contributed by atoms with Gasteiger partial charge in [-0.1, -0.05) is 58.1 Å². The molecule has 5 saturated carbocycles. The number of carbonyl (C=O) groups excluding carboxylic acids is 1. The normalized spacial score (nSPS) is 49.1. The Morgan fingerprint density at radius 1 is 0.957 bits per heavy atom. The van der Waals surface area contributed by atoms with Gasteiger partial charge in [-0.3, -0.25) is 9.59 Å². The highest BCUT2D eigenvalue weighted by atomic mass is 16.7. The van der Waals surface area contributed by atoms with E-state index in [1.54, 1.807) is 6.33 Å². The number of amides is 1. The summed E-state index contributed by atoms with van der Waals surface area (Å²) in [6, 6.07) is -0.390. The number of H-pyrrole nitrogens is 1. The molecule has 7 fully saturated rings. The molecule has 1 amide bonds. The van der Waals surface area contributed by atoms with Gasteiger partial charge in [0, 0.05) is 60.0 Å². The predicted octanol–water partition coefficient (Wildman–Crippen LogP) is 4.15. The summed E-state index contributed by atoms with van der Waals surface area (Å²) < 4.78 is 12.7. The number of carboxylic acid groups (broad SMARTS) is 1. The van der Waals surface area contributed by atoms with Crippen LogP contribution in [-0.2, 0) is 19.1 Å². The van der Waals surface area contributed by atoms with E-state index in [9.17, 15) is 40.5 Å². The molecule has 382 valence electrons. The smallest absolute Gasteiger partial charge is 0.310 e. The molecule has 0 radical (unpaired) electrons. The van der Waals surface area contributed by atoms with Gasteiger partial charge in [0.25, 0.3) is 0 Å². The van der Waals surface area contributed by atoms with Crippen LogP contribution in [0.5, 0.6) is 0 Å². The zero-order valence-electron chi connectivity index (χ0n) is 41.2. The number of imidazole rings is 1. The van der Waals surface area contributed by atoms with Gasteiger partial charge in [-0.25, -0.2) is 4.98 Å². The van der Waals surface area contributed by atoms with Crippen molar-refractivity contribution in [1.82, 2.24) is 15.3 Å². The van der Waals surface area contributed by atoms with Crippen LogP contribution < -0.4 is 11.1 Å². The number of fused-ring (bicyclic) bond motifs is 2. The average molecular weight is 961 g/mol. The van der Waals surface area contributed by atoms with Crippen LogP contribution in [0.25, 0.3) is 0 Å². The molecule has 9 aliphatic rings. The first kappa shape index (κ1) is 49.7. The topological polar surface area (TPSA) is 261 Å². The molecule has 10 rings (SSSR count). The van der Waals surface area contributed by atoms with E-state index in [2.05, 4.69) is 54.0 Å². The molecule has 20 atom stereocenters. The Kier molecular flexibility index (Phi) is 12.7. The van der Waals surface area contributed by atoms with E-state index in [1.165, 1.54) is 5.57 Å². The minimum absolute atomic E-state index is 0.00847. The Morgan fingerprint density at radius 3 is 2.39 bits per heavy atom. The van der Waals surface area contributed by atoms with Crippen LogP contribution in [0.3, 0.4) is 0 Å². The van der Waals surface area contributed by atoms with Crippen LogP contribution >= 0.6 is 0 Å². The van der Waals surface area contributed by atoms with Crippen LogP contribution in [0.15, 0.2) is 24.2 Å². The van der Waals surface area contributed by atoms with E-state index >= 15 is 4.79 Å². The van der Waals surface area contributed by atoms with E-state index < -0.39 is 98.6 Å². The zero-order chi connectivity index (χ0) is 49.1. The molecule has 15 heteroatoms. The number of carbonyl (C=O) groups is 2. The third-order valence-electron chi connectivity index (χ3n) is 22.1.